The van der Waals surface area contributed by atoms with E-state index in [4.69, 9.17) is 0 Å². The van der Waals surface area contributed by atoms with Gasteiger partial charge in [0.1, 0.15) is 0 Å². The lowest BCUT2D eigenvalue weighted by Crippen LogP contribution is -2.47. The Hall–Kier alpha value is -0.0400. The van der Waals surface area contributed by atoms with Gasteiger partial charge in [-0.05, 0) is 68.1 Å². The van der Waals surface area contributed by atoms with Gasteiger partial charge < -0.3 is 5.11 Å². The second-order valence-corrected chi connectivity index (χ2v) is 5.95. The van der Waals surface area contributed by atoms with E-state index in [1.54, 1.807) is 0 Å². The Morgan fingerprint density at radius 3 is 1.85 bits per heavy atom. The third-order valence-corrected chi connectivity index (χ3v) is 5.80. The summed E-state index contributed by atoms with van der Waals surface area (Å²) >= 11 is 0. The molecule has 0 heterocycles. The van der Waals surface area contributed by atoms with Crippen LogP contribution in [0.1, 0.15) is 38.5 Å². The molecule has 0 spiro atoms. The highest BCUT2D eigenvalue weighted by atomic mass is 16.3. The maximum atomic E-state index is 10.8. The molecule has 72 valence electrons. The molecule has 2 unspecified atom stereocenters. The average molecular weight is 178 g/mol. The Morgan fingerprint density at radius 2 is 1.38 bits per heavy atom. The first-order valence-electron chi connectivity index (χ1n) is 6.02. The summed E-state index contributed by atoms with van der Waals surface area (Å²) < 4.78 is 0. The van der Waals surface area contributed by atoms with Gasteiger partial charge in [-0.15, -0.1) is 0 Å². The molecule has 0 aromatic heterocycles. The van der Waals surface area contributed by atoms with E-state index < -0.39 is 0 Å². The number of fused-ring (bicyclic) bond motifs is 9. The van der Waals surface area contributed by atoms with Crippen LogP contribution in [0.4, 0.5) is 0 Å². The van der Waals surface area contributed by atoms with Gasteiger partial charge in [0.2, 0.25) is 0 Å². The van der Waals surface area contributed by atoms with E-state index in [0.29, 0.717) is 11.8 Å². The van der Waals surface area contributed by atoms with Gasteiger partial charge in [-0.2, -0.15) is 0 Å². The summed E-state index contributed by atoms with van der Waals surface area (Å²) in [5, 5.41) is 10.8. The zero-order valence-corrected chi connectivity index (χ0v) is 8.08. The molecule has 4 fully saturated rings. The molecule has 6 atom stereocenters. The first-order chi connectivity index (χ1) is 6.30. The summed E-state index contributed by atoms with van der Waals surface area (Å²) in [7, 11) is 0. The maximum absolute atomic E-state index is 10.8. The smallest absolute Gasteiger partial charge is 0.0737 e. The number of hydrogen-bond donors (Lipinski definition) is 1. The summed E-state index contributed by atoms with van der Waals surface area (Å²) in [4.78, 5) is 0. The van der Waals surface area contributed by atoms with Crippen molar-refractivity contribution in [2.24, 2.45) is 29.6 Å². The van der Waals surface area contributed by atoms with E-state index in [1.165, 1.54) is 38.5 Å². The topological polar surface area (TPSA) is 20.2 Å². The van der Waals surface area contributed by atoms with Crippen LogP contribution >= 0.6 is 0 Å². The monoisotopic (exact) mass is 178 g/mol. The van der Waals surface area contributed by atoms with Crippen LogP contribution in [0.2, 0.25) is 0 Å². The molecule has 0 aliphatic heterocycles. The number of rotatable bonds is 0. The van der Waals surface area contributed by atoms with E-state index >= 15 is 0 Å². The minimum Gasteiger partial charge on any atom is -0.389 e. The second kappa shape index (κ2) is 1.98. The normalized spacial score (nSPS) is 67.6. The van der Waals surface area contributed by atoms with Crippen molar-refractivity contribution in [3.63, 3.8) is 0 Å². The SMILES string of the molecule is OC12C([C@@H]3CC[C@@H]1C3)[C@H]1CC[C@@H]2C1. The minimum atomic E-state index is -0.161. The molecule has 0 saturated heterocycles. The standard InChI is InChI=1S/C12H18O/c13-12-9-3-1-7(5-9)11(12)8-2-4-10(12)6-8/h7-11,13H,1-6H2/t7-,8+,9-,10-,11?,12?/m1/s1. The third-order valence-electron chi connectivity index (χ3n) is 5.80. The first-order valence-corrected chi connectivity index (χ1v) is 6.02. The van der Waals surface area contributed by atoms with Gasteiger partial charge in [-0.1, -0.05) is 0 Å². The van der Waals surface area contributed by atoms with Crippen LogP contribution in [-0.4, -0.2) is 10.7 Å². The molecule has 4 bridgehead atoms. The molecule has 0 aromatic carbocycles. The van der Waals surface area contributed by atoms with Crippen LogP contribution in [-0.2, 0) is 0 Å². The minimum absolute atomic E-state index is 0.161. The summed E-state index contributed by atoms with van der Waals surface area (Å²) in [6.45, 7) is 0. The fourth-order valence-electron chi connectivity index (χ4n) is 5.54. The zero-order valence-electron chi connectivity index (χ0n) is 8.08. The van der Waals surface area contributed by atoms with E-state index in [0.717, 1.165) is 17.8 Å². The second-order valence-electron chi connectivity index (χ2n) is 5.95. The number of hydrogen-bond acceptors (Lipinski definition) is 1. The van der Waals surface area contributed by atoms with Crippen molar-refractivity contribution >= 4 is 0 Å². The molecule has 1 nitrogen and oxygen atoms in total. The predicted molar refractivity (Wildman–Crippen MR) is 50.1 cm³/mol. The van der Waals surface area contributed by atoms with Gasteiger partial charge in [0.05, 0.1) is 5.60 Å². The molecule has 1 heteroatoms. The molecule has 1 N–H and O–H groups in total. The first kappa shape index (κ1) is 7.28. The molecule has 4 aliphatic carbocycles. The van der Waals surface area contributed by atoms with Gasteiger partial charge in [0.15, 0.2) is 0 Å². The molecule has 4 rings (SSSR count). The van der Waals surface area contributed by atoms with Crippen LogP contribution < -0.4 is 0 Å². The van der Waals surface area contributed by atoms with Crippen molar-refractivity contribution in [3.05, 3.63) is 0 Å². The van der Waals surface area contributed by atoms with Crippen LogP contribution in [0.25, 0.3) is 0 Å². The van der Waals surface area contributed by atoms with Crippen LogP contribution in [0.3, 0.4) is 0 Å². The fraction of sp³-hybridized carbons (Fsp3) is 1.00. The van der Waals surface area contributed by atoms with E-state index in [2.05, 4.69) is 0 Å². The van der Waals surface area contributed by atoms with Crippen molar-refractivity contribution in [1.82, 2.24) is 0 Å². The molecular formula is C12H18O. The predicted octanol–water partition coefficient (Wildman–Crippen LogP) is 2.19. The van der Waals surface area contributed by atoms with Crippen LogP contribution in [0.15, 0.2) is 0 Å². The van der Waals surface area contributed by atoms with E-state index in [9.17, 15) is 5.11 Å². The van der Waals surface area contributed by atoms with Gasteiger partial charge in [0.25, 0.3) is 0 Å². The summed E-state index contributed by atoms with van der Waals surface area (Å²) in [5.41, 5.74) is -0.161. The van der Waals surface area contributed by atoms with Crippen molar-refractivity contribution in [1.29, 1.82) is 0 Å². The van der Waals surface area contributed by atoms with E-state index in [1.807, 2.05) is 0 Å². The summed E-state index contributed by atoms with van der Waals surface area (Å²) in [6, 6.07) is 0. The average Bonchev–Trinajstić information content (AvgIpc) is 2.79. The van der Waals surface area contributed by atoms with Crippen molar-refractivity contribution in [3.8, 4) is 0 Å². The Bertz CT molecular complexity index is 238. The van der Waals surface area contributed by atoms with Gasteiger partial charge >= 0.3 is 0 Å². The molecule has 4 aliphatic rings. The Labute approximate surface area is 79.5 Å². The van der Waals surface area contributed by atoms with Gasteiger partial charge in [0, 0.05) is 0 Å². The summed E-state index contributed by atoms with van der Waals surface area (Å²) in [6.07, 6.45) is 8.27. The molecular weight excluding hydrogens is 160 g/mol. The Kier molecular flexibility index (Phi) is 1.11. The van der Waals surface area contributed by atoms with Crippen molar-refractivity contribution in [2.75, 3.05) is 0 Å². The Balaban J connectivity index is 1.84. The largest absolute Gasteiger partial charge is 0.389 e. The van der Waals surface area contributed by atoms with Gasteiger partial charge in [-0.25, -0.2) is 0 Å². The maximum Gasteiger partial charge on any atom is 0.0737 e. The van der Waals surface area contributed by atoms with Crippen molar-refractivity contribution in [2.45, 2.75) is 44.1 Å². The van der Waals surface area contributed by atoms with Crippen molar-refractivity contribution < 1.29 is 5.11 Å². The highest BCUT2D eigenvalue weighted by Gasteiger charge is 2.68. The van der Waals surface area contributed by atoms with Crippen LogP contribution in [0.5, 0.6) is 0 Å². The highest BCUT2D eigenvalue weighted by molar-refractivity contribution is 5.18. The lowest BCUT2D eigenvalue weighted by molar-refractivity contribution is -0.0959. The lowest BCUT2D eigenvalue weighted by Gasteiger charge is -2.43. The van der Waals surface area contributed by atoms with Gasteiger partial charge in [-0.3, -0.25) is 0 Å². The highest BCUT2D eigenvalue weighted by Crippen LogP contribution is 2.69. The molecule has 0 aromatic rings. The molecule has 13 heavy (non-hydrogen) atoms. The van der Waals surface area contributed by atoms with Crippen LogP contribution in [0, 0.1) is 29.6 Å². The zero-order chi connectivity index (χ0) is 8.63. The quantitative estimate of drug-likeness (QED) is 0.564. The fourth-order valence-corrected chi connectivity index (χ4v) is 5.54. The van der Waals surface area contributed by atoms with E-state index in [-0.39, 0.29) is 5.60 Å². The number of aliphatic hydroxyl groups is 1. The Morgan fingerprint density at radius 1 is 0.846 bits per heavy atom. The summed E-state index contributed by atoms with van der Waals surface area (Å²) in [5.74, 6) is 4.00. The lowest BCUT2D eigenvalue weighted by atomic mass is 9.67. The molecule has 4 saturated carbocycles. The molecule has 0 amide bonds. The third kappa shape index (κ3) is 0.614. The molecule has 0 radical (unpaired) electrons.